The SMILES string of the molecule is COC(=O)c1cn(C2CC2)c2c(OC)c(-c3sc4c(c3C)C(NC(=O)OC(C)(C)C)CCC4)ccc2c1=O. The molecule has 8 nitrogen and oxygen atoms in total. The Morgan fingerprint density at radius 2 is 1.87 bits per heavy atom. The monoisotopic (exact) mass is 538 g/mol. The lowest BCUT2D eigenvalue weighted by Gasteiger charge is -2.27. The predicted molar refractivity (Wildman–Crippen MR) is 147 cm³/mol. The predicted octanol–water partition coefficient (Wildman–Crippen LogP) is 6.07. The molecule has 1 unspecified atom stereocenters. The highest BCUT2D eigenvalue weighted by Gasteiger charge is 2.32. The highest BCUT2D eigenvalue weighted by molar-refractivity contribution is 7.16. The van der Waals surface area contributed by atoms with Gasteiger partial charge in [-0.05, 0) is 83.1 Å². The number of hydrogen-bond acceptors (Lipinski definition) is 7. The molecule has 1 N–H and O–H groups in total. The van der Waals surface area contributed by atoms with Gasteiger partial charge >= 0.3 is 12.1 Å². The Morgan fingerprint density at radius 3 is 2.50 bits per heavy atom. The summed E-state index contributed by atoms with van der Waals surface area (Å²) in [7, 11) is 2.90. The first-order chi connectivity index (χ1) is 18.0. The van der Waals surface area contributed by atoms with Crippen LogP contribution in [0.2, 0.25) is 0 Å². The number of esters is 1. The quantitative estimate of drug-likeness (QED) is 0.396. The van der Waals surface area contributed by atoms with Gasteiger partial charge in [-0.25, -0.2) is 9.59 Å². The summed E-state index contributed by atoms with van der Waals surface area (Å²) in [4.78, 5) is 40.5. The van der Waals surface area contributed by atoms with E-state index in [9.17, 15) is 14.4 Å². The average molecular weight is 539 g/mol. The van der Waals surface area contributed by atoms with Gasteiger partial charge in [0.15, 0.2) is 5.75 Å². The van der Waals surface area contributed by atoms with Gasteiger partial charge in [-0.3, -0.25) is 4.79 Å². The minimum absolute atomic E-state index is 0.0283. The van der Waals surface area contributed by atoms with Gasteiger partial charge in [0.05, 0.1) is 31.2 Å². The molecule has 0 spiro atoms. The highest BCUT2D eigenvalue weighted by atomic mass is 32.1. The van der Waals surface area contributed by atoms with Crippen molar-refractivity contribution in [1.82, 2.24) is 9.88 Å². The second-order valence-corrected chi connectivity index (χ2v) is 12.1. The smallest absolute Gasteiger partial charge is 0.408 e. The van der Waals surface area contributed by atoms with Gasteiger partial charge in [-0.15, -0.1) is 11.3 Å². The number of aromatic nitrogens is 1. The third-order valence-electron chi connectivity index (χ3n) is 7.15. The Hall–Kier alpha value is -3.33. The van der Waals surface area contributed by atoms with Crippen LogP contribution in [0.15, 0.2) is 23.1 Å². The van der Waals surface area contributed by atoms with E-state index in [1.54, 1.807) is 30.7 Å². The molecule has 1 aromatic carbocycles. The minimum Gasteiger partial charge on any atom is -0.494 e. The van der Waals surface area contributed by atoms with Crippen LogP contribution in [0, 0.1) is 6.92 Å². The molecule has 0 saturated heterocycles. The number of methoxy groups -OCH3 is 2. The van der Waals surface area contributed by atoms with Gasteiger partial charge in [0, 0.05) is 27.6 Å². The van der Waals surface area contributed by atoms with Crippen molar-refractivity contribution in [2.75, 3.05) is 14.2 Å². The van der Waals surface area contributed by atoms with E-state index in [1.165, 1.54) is 12.0 Å². The Balaban J connectivity index is 1.64. The summed E-state index contributed by atoms with van der Waals surface area (Å²) < 4.78 is 18.4. The first-order valence-corrected chi connectivity index (χ1v) is 13.8. The van der Waals surface area contributed by atoms with Crippen molar-refractivity contribution in [3.05, 3.63) is 50.1 Å². The summed E-state index contributed by atoms with van der Waals surface area (Å²) in [5, 5.41) is 3.52. The molecule has 1 fully saturated rings. The number of hydrogen-bond donors (Lipinski definition) is 1. The van der Waals surface area contributed by atoms with E-state index in [2.05, 4.69) is 12.2 Å². The number of thiophene rings is 1. The van der Waals surface area contributed by atoms with Crippen LogP contribution >= 0.6 is 11.3 Å². The molecule has 0 aliphatic heterocycles. The molecule has 1 atom stereocenters. The number of amides is 1. The zero-order valence-corrected chi connectivity index (χ0v) is 23.5. The van der Waals surface area contributed by atoms with Crippen LogP contribution in [0.1, 0.15) is 84.9 Å². The fraction of sp³-hybridized carbons (Fsp3) is 0.483. The van der Waals surface area contributed by atoms with E-state index in [-0.39, 0.29) is 23.1 Å². The van der Waals surface area contributed by atoms with E-state index in [0.29, 0.717) is 16.7 Å². The number of nitrogens with one attached hydrogen (secondary N) is 1. The maximum absolute atomic E-state index is 13.3. The van der Waals surface area contributed by atoms with Crippen molar-refractivity contribution in [2.24, 2.45) is 0 Å². The van der Waals surface area contributed by atoms with Crippen LogP contribution in [0.3, 0.4) is 0 Å². The molecule has 1 saturated carbocycles. The van der Waals surface area contributed by atoms with Gasteiger partial charge in [0.2, 0.25) is 5.43 Å². The number of fused-ring (bicyclic) bond motifs is 2. The summed E-state index contributed by atoms with van der Waals surface area (Å²) in [5.41, 5.74) is 2.92. The van der Waals surface area contributed by atoms with E-state index in [1.807, 2.05) is 31.4 Å². The van der Waals surface area contributed by atoms with Crippen LogP contribution in [-0.4, -0.2) is 36.5 Å². The molecule has 0 radical (unpaired) electrons. The fourth-order valence-corrected chi connectivity index (χ4v) is 6.82. The molecule has 202 valence electrons. The Bertz CT molecular complexity index is 1490. The number of rotatable bonds is 5. The van der Waals surface area contributed by atoms with Gasteiger partial charge in [0.1, 0.15) is 11.2 Å². The molecule has 2 aliphatic rings. The van der Waals surface area contributed by atoms with E-state index in [4.69, 9.17) is 14.2 Å². The van der Waals surface area contributed by atoms with Crippen LogP contribution in [0.25, 0.3) is 21.3 Å². The van der Waals surface area contributed by atoms with Gasteiger partial charge in [-0.2, -0.15) is 0 Å². The second-order valence-electron chi connectivity index (χ2n) is 11.0. The topological polar surface area (TPSA) is 95.9 Å². The Morgan fingerprint density at radius 1 is 1.13 bits per heavy atom. The Labute approximate surface area is 225 Å². The van der Waals surface area contributed by atoms with Crippen LogP contribution in [-0.2, 0) is 15.9 Å². The third-order valence-corrected chi connectivity index (χ3v) is 8.55. The number of alkyl carbamates (subject to hydrolysis) is 1. The first-order valence-electron chi connectivity index (χ1n) is 13.0. The number of carbonyl (C=O) groups excluding carboxylic acids is 2. The summed E-state index contributed by atoms with van der Waals surface area (Å²) >= 11 is 1.71. The lowest BCUT2D eigenvalue weighted by molar-refractivity contribution is 0.0498. The molecular weight excluding hydrogens is 504 g/mol. The van der Waals surface area contributed by atoms with Gasteiger partial charge in [-0.1, -0.05) is 0 Å². The molecule has 1 amide bonds. The zero-order valence-electron chi connectivity index (χ0n) is 22.7. The summed E-state index contributed by atoms with van der Waals surface area (Å²) in [6, 6.07) is 3.76. The Kier molecular flexibility index (Phi) is 6.75. The number of carbonyl (C=O) groups is 2. The molecule has 0 bridgehead atoms. The summed E-state index contributed by atoms with van der Waals surface area (Å²) in [6.07, 6.45) is 5.90. The second kappa shape index (κ2) is 9.76. The fourth-order valence-electron chi connectivity index (χ4n) is 5.39. The van der Waals surface area contributed by atoms with E-state index in [0.717, 1.165) is 53.7 Å². The van der Waals surface area contributed by atoms with E-state index < -0.39 is 17.7 Å². The lowest BCUT2D eigenvalue weighted by Crippen LogP contribution is -2.36. The van der Waals surface area contributed by atoms with Crippen LogP contribution in [0.5, 0.6) is 5.75 Å². The number of aryl methyl sites for hydroxylation is 1. The van der Waals surface area contributed by atoms with Crippen molar-refractivity contribution in [1.29, 1.82) is 0 Å². The maximum Gasteiger partial charge on any atom is 0.408 e. The summed E-state index contributed by atoms with van der Waals surface area (Å²) in [6.45, 7) is 7.65. The van der Waals surface area contributed by atoms with Crippen molar-refractivity contribution in [2.45, 2.75) is 77.5 Å². The molecule has 2 heterocycles. The molecule has 38 heavy (non-hydrogen) atoms. The van der Waals surface area contributed by atoms with E-state index >= 15 is 0 Å². The van der Waals surface area contributed by atoms with Crippen molar-refractivity contribution >= 4 is 34.3 Å². The first kappa shape index (κ1) is 26.3. The molecule has 2 aliphatic carbocycles. The number of nitrogens with zero attached hydrogens (tertiary/aromatic N) is 1. The van der Waals surface area contributed by atoms with Crippen LogP contribution in [0.4, 0.5) is 4.79 Å². The molecule has 2 aromatic heterocycles. The van der Waals surface area contributed by atoms with Crippen molar-refractivity contribution in [3.8, 4) is 16.2 Å². The average Bonchev–Trinajstić information content (AvgIpc) is 3.65. The largest absolute Gasteiger partial charge is 0.494 e. The number of ether oxygens (including phenoxy) is 3. The molecule has 3 aromatic rings. The minimum atomic E-state index is -0.639. The number of pyridine rings is 1. The lowest BCUT2D eigenvalue weighted by atomic mass is 9.89. The molecular formula is C29H34N2O6S. The normalized spacial score (nSPS) is 17.2. The summed E-state index contributed by atoms with van der Waals surface area (Å²) in [5.74, 6) is -0.0269. The van der Waals surface area contributed by atoms with Gasteiger partial charge < -0.3 is 24.1 Å². The molecule has 9 heteroatoms. The van der Waals surface area contributed by atoms with Crippen molar-refractivity contribution in [3.63, 3.8) is 0 Å². The highest BCUT2D eigenvalue weighted by Crippen LogP contribution is 2.48. The number of benzene rings is 1. The van der Waals surface area contributed by atoms with Crippen LogP contribution < -0.4 is 15.5 Å². The third kappa shape index (κ3) is 4.68. The molecule has 5 rings (SSSR count). The van der Waals surface area contributed by atoms with Gasteiger partial charge in [0.25, 0.3) is 0 Å². The van der Waals surface area contributed by atoms with Crippen molar-refractivity contribution < 1.29 is 23.8 Å². The zero-order chi connectivity index (χ0) is 27.4. The maximum atomic E-state index is 13.3. The standard InChI is InChI=1S/C29H34N2O6S/c1-15-22-20(30-28(34)37-29(2,3)4)8-7-9-21(22)38-26(15)18-13-12-17-23(25(18)35-5)31(16-10-11-16)14-19(24(17)32)27(33)36-6/h12-14,16,20H,7-11H2,1-6H3,(H,30,34).